The number of aliphatic imine (C=N–C) groups is 1. The Morgan fingerprint density at radius 1 is 1.18 bits per heavy atom. The minimum atomic E-state index is -0.617. The summed E-state index contributed by atoms with van der Waals surface area (Å²) in [5.41, 5.74) is 1.65. The first-order chi connectivity index (χ1) is 13.4. The lowest BCUT2D eigenvalue weighted by molar-refractivity contribution is -0.385. The number of ether oxygens (including phenoxy) is 1. The van der Waals surface area contributed by atoms with Gasteiger partial charge >= 0.3 is 5.97 Å². The number of nitro groups is 1. The van der Waals surface area contributed by atoms with Gasteiger partial charge in [0.1, 0.15) is 0 Å². The topological polar surface area (TPSA) is 111 Å². The summed E-state index contributed by atoms with van der Waals surface area (Å²) >= 11 is 0. The number of nitro benzene ring substituents is 1. The number of cyclic esters (lactones) is 1. The van der Waals surface area contributed by atoms with Crippen molar-refractivity contribution in [3.63, 3.8) is 0 Å². The summed E-state index contributed by atoms with van der Waals surface area (Å²) in [6.45, 7) is 1.41. The summed E-state index contributed by atoms with van der Waals surface area (Å²) in [4.78, 5) is 37.7. The zero-order chi connectivity index (χ0) is 20.1. The number of hydrogen-bond donors (Lipinski definition) is 1. The molecule has 0 saturated carbocycles. The van der Waals surface area contributed by atoms with Gasteiger partial charge in [0.2, 0.25) is 11.8 Å². The lowest BCUT2D eigenvalue weighted by Gasteiger charge is -2.03. The van der Waals surface area contributed by atoms with E-state index >= 15 is 0 Å². The van der Waals surface area contributed by atoms with Crippen LogP contribution in [-0.2, 0) is 14.3 Å². The number of nitrogens with one attached hydrogen (secondary N) is 1. The van der Waals surface area contributed by atoms with Gasteiger partial charge in [0.15, 0.2) is 5.70 Å². The van der Waals surface area contributed by atoms with Crippen LogP contribution in [0, 0.1) is 10.1 Å². The van der Waals surface area contributed by atoms with E-state index in [1.165, 1.54) is 31.2 Å². The Balaban J connectivity index is 1.78. The number of amides is 1. The van der Waals surface area contributed by atoms with E-state index in [0.717, 1.165) is 0 Å². The number of nitrogens with zero attached hydrogens (tertiary/aromatic N) is 2. The van der Waals surface area contributed by atoms with Gasteiger partial charge in [-0.15, -0.1) is 0 Å². The fourth-order valence-electron chi connectivity index (χ4n) is 2.48. The molecule has 0 aliphatic carbocycles. The van der Waals surface area contributed by atoms with Crippen LogP contribution in [0.3, 0.4) is 0 Å². The monoisotopic (exact) mass is 377 g/mol. The van der Waals surface area contributed by atoms with Gasteiger partial charge in [0.05, 0.1) is 10.5 Å². The third-order valence-electron chi connectivity index (χ3n) is 3.74. The van der Waals surface area contributed by atoms with Gasteiger partial charge < -0.3 is 10.1 Å². The summed E-state index contributed by atoms with van der Waals surface area (Å²) in [6.07, 6.45) is 4.46. The third kappa shape index (κ3) is 4.36. The van der Waals surface area contributed by atoms with E-state index in [4.69, 9.17) is 4.74 Å². The maximum Gasteiger partial charge on any atom is 0.363 e. The SMILES string of the molecule is CC(=O)Nc1ccc(C2=N/C(=C\C=C\c3ccccc3[N+](=O)[O-])C(=O)O2)cc1. The number of carbonyl (C=O) groups excluding carboxylic acids is 2. The van der Waals surface area contributed by atoms with Gasteiger partial charge in [-0.05, 0) is 42.5 Å². The van der Waals surface area contributed by atoms with E-state index in [0.29, 0.717) is 16.8 Å². The van der Waals surface area contributed by atoms with E-state index in [2.05, 4.69) is 10.3 Å². The van der Waals surface area contributed by atoms with E-state index in [1.807, 2.05) is 0 Å². The van der Waals surface area contributed by atoms with Crippen molar-refractivity contribution < 1.29 is 19.2 Å². The molecule has 0 saturated heterocycles. The van der Waals surface area contributed by atoms with Crippen LogP contribution in [0.25, 0.3) is 6.08 Å². The smallest absolute Gasteiger partial charge is 0.363 e. The van der Waals surface area contributed by atoms with Crippen molar-refractivity contribution in [2.75, 3.05) is 5.32 Å². The van der Waals surface area contributed by atoms with Gasteiger partial charge in [0, 0.05) is 24.2 Å². The van der Waals surface area contributed by atoms with Crippen LogP contribution >= 0.6 is 0 Å². The Labute approximate surface area is 160 Å². The van der Waals surface area contributed by atoms with Gasteiger partial charge in [-0.3, -0.25) is 14.9 Å². The Bertz CT molecular complexity index is 1040. The number of carbonyl (C=O) groups is 2. The summed E-state index contributed by atoms with van der Waals surface area (Å²) in [7, 11) is 0. The number of benzene rings is 2. The highest BCUT2D eigenvalue weighted by atomic mass is 16.6. The predicted molar refractivity (Wildman–Crippen MR) is 104 cm³/mol. The van der Waals surface area contributed by atoms with Crippen LogP contribution in [-0.4, -0.2) is 22.7 Å². The average Bonchev–Trinajstić information content (AvgIpc) is 3.03. The largest absolute Gasteiger partial charge is 0.402 e. The van der Waals surface area contributed by atoms with Crippen LogP contribution in [0.5, 0.6) is 0 Å². The number of anilines is 1. The molecule has 1 aliphatic rings. The van der Waals surface area contributed by atoms with Crippen molar-refractivity contribution in [2.45, 2.75) is 6.92 Å². The van der Waals surface area contributed by atoms with Crippen molar-refractivity contribution in [3.05, 3.63) is 87.6 Å². The van der Waals surface area contributed by atoms with Crippen molar-refractivity contribution in [1.29, 1.82) is 0 Å². The summed E-state index contributed by atoms with van der Waals surface area (Å²) in [5.74, 6) is -0.661. The highest BCUT2D eigenvalue weighted by molar-refractivity contribution is 6.11. The fourth-order valence-corrected chi connectivity index (χ4v) is 2.48. The van der Waals surface area contributed by atoms with Crippen LogP contribution in [0.15, 0.2) is 71.4 Å². The molecule has 2 aromatic rings. The molecule has 8 nitrogen and oxygen atoms in total. The second-order valence-corrected chi connectivity index (χ2v) is 5.79. The molecule has 0 bridgehead atoms. The molecule has 3 rings (SSSR count). The van der Waals surface area contributed by atoms with Crippen molar-refractivity contribution in [1.82, 2.24) is 0 Å². The second kappa shape index (κ2) is 8.09. The molecule has 1 N–H and O–H groups in total. The molecular weight excluding hydrogens is 362 g/mol. The first-order valence-corrected chi connectivity index (χ1v) is 8.25. The molecule has 1 amide bonds. The van der Waals surface area contributed by atoms with Gasteiger partial charge in [-0.25, -0.2) is 9.79 Å². The third-order valence-corrected chi connectivity index (χ3v) is 3.74. The molecule has 0 aromatic heterocycles. The van der Waals surface area contributed by atoms with Crippen molar-refractivity contribution >= 4 is 35.2 Å². The van der Waals surface area contributed by atoms with Crippen LogP contribution < -0.4 is 5.32 Å². The Hall–Kier alpha value is -4.07. The molecule has 2 aromatic carbocycles. The Morgan fingerprint density at radius 3 is 2.57 bits per heavy atom. The van der Waals surface area contributed by atoms with E-state index in [9.17, 15) is 19.7 Å². The summed E-state index contributed by atoms with van der Waals surface area (Å²) in [5, 5.41) is 13.7. The molecule has 0 spiro atoms. The molecular formula is C20H15N3O5. The molecule has 1 aliphatic heterocycles. The van der Waals surface area contributed by atoms with E-state index in [-0.39, 0.29) is 23.2 Å². The normalized spacial score (nSPS) is 14.8. The predicted octanol–water partition coefficient (Wildman–Crippen LogP) is 3.45. The van der Waals surface area contributed by atoms with Crippen LogP contribution in [0.2, 0.25) is 0 Å². The first kappa shape index (κ1) is 18.7. The summed E-state index contributed by atoms with van der Waals surface area (Å²) in [6, 6.07) is 12.9. The number of rotatable bonds is 5. The lowest BCUT2D eigenvalue weighted by atomic mass is 10.1. The van der Waals surface area contributed by atoms with Crippen LogP contribution in [0.1, 0.15) is 18.1 Å². The molecule has 140 valence electrons. The molecule has 0 atom stereocenters. The molecule has 8 heteroatoms. The fraction of sp³-hybridized carbons (Fsp3) is 0.0500. The van der Waals surface area contributed by atoms with E-state index in [1.54, 1.807) is 42.5 Å². The Kier molecular flexibility index (Phi) is 5.40. The molecule has 0 radical (unpaired) electrons. The zero-order valence-electron chi connectivity index (χ0n) is 14.8. The zero-order valence-corrected chi connectivity index (χ0v) is 14.8. The number of allylic oxidation sites excluding steroid dienone is 2. The van der Waals surface area contributed by atoms with Crippen molar-refractivity contribution in [3.8, 4) is 0 Å². The summed E-state index contributed by atoms with van der Waals surface area (Å²) < 4.78 is 5.16. The number of hydrogen-bond acceptors (Lipinski definition) is 6. The average molecular weight is 377 g/mol. The van der Waals surface area contributed by atoms with Gasteiger partial charge in [-0.1, -0.05) is 18.2 Å². The minimum absolute atomic E-state index is 0.0328. The maximum absolute atomic E-state index is 12.0. The number of para-hydroxylation sites is 1. The van der Waals surface area contributed by atoms with Gasteiger partial charge in [-0.2, -0.15) is 0 Å². The highest BCUT2D eigenvalue weighted by Crippen LogP contribution is 2.21. The molecule has 0 unspecified atom stereocenters. The highest BCUT2D eigenvalue weighted by Gasteiger charge is 2.23. The first-order valence-electron chi connectivity index (χ1n) is 8.25. The quantitative estimate of drug-likeness (QED) is 0.371. The molecule has 1 heterocycles. The maximum atomic E-state index is 12.0. The van der Waals surface area contributed by atoms with Gasteiger partial charge in [0.25, 0.3) is 5.69 Å². The van der Waals surface area contributed by atoms with Crippen LogP contribution in [0.4, 0.5) is 11.4 Å². The lowest BCUT2D eigenvalue weighted by Crippen LogP contribution is -2.07. The Morgan fingerprint density at radius 2 is 1.89 bits per heavy atom. The molecule has 0 fully saturated rings. The molecule has 28 heavy (non-hydrogen) atoms. The van der Waals surface area contributed by atoms with E-state index < -0.39 is 10.9 Å². The standard InChI is InChI=1S/C20H15N3O5/c1-13(24)21-16-11-9-15(10-12-16)19-22-17(20(25)28-19)7-4-6-14-5-2-3-8-18(14)23(26)27/h2-12H,1H3,(H,21,24)/b6-4+,17-7-. The number of esters is 1. The second-order valence-electron chi connectivity index (χ2n) is 5.79. The van der Waals surface area contributed by atoms with Crippen molar-refractivity contribution in [2.24, 2.45) is 4.99 Å². The minimum Gasteiger partial charge on any atom is -0.402 e.